The largest absolute Gasteiger partial charge is 0.507 e. The van der Waals surface area contributed by atoms with Gasteiger partial charge in [-0.1, -0.05) is 0 Å². The molecule has 1 atom stereocenters. The van der Waals surface area contributed by atoms with Crippen LogP contribution in [0.2, 0.25) is 0 Å². The van der Waals surface area contributed by atoms with Crippen LogP contribution in [0.15, 0.2) is 47.1 Å². The van der Waals surface area contributed by atoms with Crippen LogP contribution in [-0.4, -0.2) is 47.6 Å². The summed E-state index contributed by atoms with van der Waals surface area (Å²) in [4.78, 5) is 31.3. The Bertz CT molecular complexity index is 1110. The van der Waals surface area contributed by atoms with E-state index in [1.807, 2.05) is 10.8 Å². The SMILES string of the molecule is Cc1nn(C)c(C)c1C(O)=C1C(=O)C(=O)N(CCCn2ccnc2)C1c1ccco1. The molecule has 0 spiro atoms. The van der Waals surface area contributed by atoms with Crippen molar-refractivity contribution in [2.45, 2.75) is 32.9 Å². The number of aliphatic hydroxyl groups is 1. The number of aryl methyl sites for hydroxylation is 3. The van der Waals surface area contributed by atoms with Crippen molar-refractivity contribution in [2.24, 2.45) is 7.05 Å². The highest BCUT2D eigenvalue weighted by molar-refractivity contribution is 6.46. The normalized spacial score (nSPS) is 18.5. The first kappa shape index (κ1) is 19.7. The number of nitrogens with zero attached hydrogens (tertiary/aromatic N) is 5. The van der Waals surface area contributed by atoms with Gasteiger partial charge in [0, 0.05) is 38.2 Å². The molecule has 3 aromatic rings. The van der Waals surface area contributed by atoms with Gasteiger partial charge in [0.15, 0.2) is 0 Å². The van der Waals surface area contributed by atoms with Crippen molar-refractivity contribution >= 4 is 17.4 Å². The molecule has 4 rings (SSSR count). The number of Topliss-reactive ketones (excluding diaryl/α,β-unsaturated/α-hetero) is 1. The number of carbonyl (C=O) groups is 2. The molecule has 1 aliphatic heterocycles. The van der Waals surface area contributed by atoms with Gasteiger partial charge in [0.2, 0.25) is 0 Å². The Morgan fingerprint density at radius 2 is 2.07 bits per heavy atom. The van der Waals surface area contributed by atoms with Crippen LogP contribution in [0.5, 0.6) is 0 Å². The third-order valence-corrected chi connectivity index (χ3v) is 5.47. The molecule has 9 nitrogen and oxygen atoms in total. The number of aliphatic hydroxyl groups excluding tert-OH is 1. The molecule has 0 saturated carbocycles. The maximum absolute atomic E-state index is 13.0. The molecule has 3 aromatic heterocycles. The lowest BCUT2D eigenvalue weighted by molar-refractivity contribution is -0.140. The van der Waals surface area contributed by atoms with E-state index >= 15 is 0 Å². The maximum Gasteiger partial charge on any atom is 0.295 e. The van der Waals surface area contributed by atoms with E-state index in [9.17, 15) is 14.7 Å². The summed E-state index contributed by atoms with van der Waals surface area (Å²) < 4.78 is 9.09. The predicted octanol–water partition coefficient (Wildman–Crippen LogP) is 2.34. The third-order valence-electron chi connectivity index (χ3n) is 5.47. The Kier molecular flexibility index (Phi) is 5.03. The molecule has 0 radical (unpaired) electrons. The Labute approximate surface area is 173 Å². The highest BCUT2D eigenvalue weighted by Crippen LogP contribution is 2.40. The Morgan fingerprint density at radius 1 is 1.27 bits per heavy atom. The van der Waals surface area contributed by atoms with Crippen LogP contribution in [0.3, 0.4) is 0 Å². The number of hydrogen-bond acceptors (Lipinski definition) is 6. The minimum Gasteiger partial charge on any atom is -0.507 e. The second-order valence-electron chi connectivity index (χ2n) is 7.33. The van der Waals surface area contributed by atoms with E-state index < -0.39 is 17.7 Å². The molecule has 1 aliphatic rings. The van der Waals surface area contributed by atoms with Gasteiger partial charge >= 0.3 is 0 Å². The first-order chi connectivity index (χ1) is 14.4. The van der Waals surface area contributed by atoms with Crippen molar-refractivity contribution in [3.05, 3.63) is 65.4 Å². The summed E-state index contributed by atoms with van der Waals surface area (Å²) in [7, 11) is 1.76. The molecular formula is C21H23N5O4. The van der Waals surface area contributed by atoms with Crippen molar-refractivity contribution in [1.82, 2.24) is 24.2 Å². The van der Waals surface area contributed by atoms with Crippen LogP contribution in [0.25, 0.3) is 5.76 Å². The molecule has 1 saturated heterocycles. The number of aromatic nitrogens is 4. The summed E-state index contributed by atoms with van der Waals surface area (Å²) in [6, 6.07) is 2.61. The second kappa shape index (κ2) is 7.66. The van der Waals surface area contributed by atoms with Crippen molar-refractivity contribution in [3.63, 3.8) is 0 Å². The number of rotatable bonds is 6. The van der Waals surface area contributed by atoms with Crippen LogP contribution in [0.4, 0.5) is 0 Å². The smallest absolute Gasteiger partial charge is 0.295 e. The van der Waals surface area contributed by atoms with Crippen LogP contribution in [0.1, 0.15) is 35.2 Å². The molecule has 0 aromatic carbocycles. The predicted molar refractivity (Wildman–Crippen MR) is 107 cm³/mol. The summed E-state index contributed by atoms with van der Waals surface area (Å²) in [6.07, 6.45) is 7.33. The third kappa shape index (κ3) is 3.22. The highest BCUT2D eigenvalue weighted by Gasteiger charge is 2.47. The van der Waals surface area contributed by atoms with E-state index in [1.54, 1.807) is 50.2 Å². The molecule has 1 N–H and O–H groups in total. The summed E-state index contributed by atoms with van der Waals surface area (Å²) in [6.45, 7) is 4.54. The van der Waals surface area contributed by atoms with Crippen molar-refractivity contribution in [2.75, 3.05) is 6.54 Å². The average molecular weight is 409 g/mol. The molecular weight excluding hydrogens is 386 g/mol. The van der Waals surface area contributed by atoms with Gasteiger partial charge in [-0.15, -0.1) is 0 Å². The molecule has 30 heavy (non-hydrogen) atoms. The zero-order valence-corrected chi connectivity index (χ0v) is 17.1. The van der Waals surface area contributed by atoms with Crippen LogP contribution in [0, 0.1) is 13.8 Å². The summed E-state index contributed by atoms with van der Waals surface area (Å²) in [5.74, 6) is -1.17. The number of furan rings is 1. The molecule has 0 bridgehead atoms. The van der Waals surface area contributed by atoms with E-state index in [0.29, 0.717) is 42.2 Å². The van der Waals surface area contributed by atoms with Gasteiger partial charge in [-0.3, -0.25) is 14.3 Å². The maximum atomic E-state index is 13.0. The van der Waals surface area contributed by atoms with Gasteiger partial charge in [-0.05, 0) is 32.4 Å². The molecule has 1 unspecified atom stereocenters. The van der Waals surface area contributed by atoms with E-state index in [1.165, 1.54) is 11.2 Å². The van der Waals surface area contributed by atoms with Gasteiger partial charge in [0.05, 0.1) is 29.4 Å². The Morgan fingerprint density at radius 3 is 2.67 bits per heavy atom. The summed E-state index contributed by atoms with van der Waals surface area (Å²) in [5, 5.41) is 15.4. The second-order valence-corrected chi connectivity index (χ2v) is 7.33. The quantitative estimate of drug-likeness (QED) is 0.380. The molecule has 4 heterocycles. The fraction of sp³-hybridized carbons (Fsp3) is 0.333. The lowest BCUT2D eigenvalue weighted by Gasteiger charge is -2.23. The van der Waals surface area contributed by atoms with Crippen molar-refractivity contribution < 1.29 is 19.1 Å². The fourth-order valence-corrected chi connectivity index (χ4v) is 3.95. The average Bonchev–Trinajstić information content (AvgIpc) is 3.48. The molecule has 156 valence electrons. The lowest BCUT2D eigenvalue weighted by Crippen LogP contribution is -2.31. The first-order valence-corrected chi connectivity index (χ1v) is 9.68. The van der Waals surface area contributed by atoms with E-state index in [-0.39, 0.29) is 11.3 Å². The van der Waals surface area contributed by atoms with E-state index in [4.69, 9.17) is 4.42 Å². The molecule has 0 aliphatic carbocycles. The van der Waals surface area contributed by atoms with Crippen LogP contribution in [-0.2, 0) is 23.2 Å². The van der Waals surface area contributed by atoms with Gasteiger partial charge in [-0.2, -0.15) is 5.10 Å². The van der Waals surface area contributed by atoms with E-state index in [0.717, 1.165) is 0 Å². The first-order valence-electron chi connectivity index (χ1n) is 9.68. The minimum absolute atomic E-state index is 0.0248. The van der Waals surface area contributed by atoms with Gasteiger partial charge in [-0.25, -0.2) is 4.98 Å². The molecule has 1 amide bonds. The van der Waals surface area contributed by atoms with Gasteiger partial charge in [0.1, 0.15) is 17.6 Å². The topological polar surface area (TPSA) is 106 Å². The fourth-order valence-electron chi connectivity index (χ4n) is 3.95. The number of amides is 1. The number of ketones is 1. The Hall–Kier alpha value is -3.62. The zero-order chi connectivity index (χ0) is 21.4. The number of hydrogen-bond donors (Lipinski definition) is 1. The highest BCUT2D eigenvalue weighted by atomic mass is 16.3. The van der Waals surface area contributed by atoms with Crippen molar-refractivity contribution in [3.8, 4) is 0 Å². The summed E-state index contributed by atoms with van der Waals surface area (Å²) in [5.41, 5.74) is 1.77. The summed E-state index contributed by atoms with van der Waals surface area (Å²) >= 11 is 0. The molecule has 9 heteroatoms. The monoisotopic (exact) mass is 409 g/mol. The van der Waals surface area contributed by atoms with E-state index in [2.05, 4.69) is 10.1 Å². The zero-order valence-electron chi connectivity index (χ0n) is 17.1. The Balaban J connectivity index is 1.74. The number of imidazole rings is 1. The number of likely N-dealkylation sites (tertiary alicyclic amines) is 1. The standard InChI is InChI=1S/C21H23N5O4/c1-13-16(14(2)24(3)23-13)19(27)17-18(15-6-4-11-30-15)26(21(29)20(17)28)9-5-8-25-10-7-22-12-25/h4,6-7,10-12,18,27H,5,8-9H2,1-3H3. The number of carbonyl (C=O) groups excluding carboxylic acids is 2. The molecule has 1 fully saturated rings. The van der Waals surface area contributed by atoms with Gasteiger partial charge < -0.3 is 19.0 Å². The van der Waals surface area contributed by atoms with Crippen LogP contribution < -0.4 is 0 Å². The lowest BCUT2D eigenvalue weighted by atomic mass is 9.98. The van der Waals surface area contributed by atoms with Gasteiger partial charge in [0.25, 0.3) is 11.7 Å². The van der Waals surface area contributed by atoms with Crippen LogP contribution >= 0.6 is 0 Å². The minimum atomic E-state index is -0.790. The van der Waals surface area contributed by atoms with Crippen molar-refractivity contribution in [1.29, 1.82) is 0 Å².